The molecule has 0 radical (unpaired) electrons. The van der Waals surface area contributed by atoms with Crippen LogP contribution in [0.1, 0.15) is 19.4 Å². The lowest BCUT2D eigenvalue weighted by Gasteiger charge is -2.43. The third kappa shape index (κ3) is 3.63. The molecule has 2 saturated heterocycles. The van der Waals surface area contributed by atoms with E-state index in [1.165, 1.54) is 24.3 Å². The van der Waals surface area contributed by atoms with Crippen molar-refractivity contribution in [3.63, 3.8) is 0 Å². The first kappa shape index (κ1) is 18.5. The molecule has 1 N–H and O–H groups in total. The Bertz CT molecular complexity index is 762. The Morgan fingerprint density at radius 3 is 2.81 bits per heavy atom. The predicted molar refractivity (Wildman–Crippen MR) is 93.9 cm³/mol. The number of fused-ring (bicyclic) bond motifs is 1. The minimum atomic E-state index is -0.491. The van der Waals surface area contributed by atoms with Crippen LogP contribution in [0.2, 0.25) is 0 Å². The lowest BCUT2D eigenvalue weighted by atomic mass is 10.0. The average molecular weight is 378 g/mol. The van der Waals surface area contributed by atoms with Crippen molar-refractivity contribution in [3.8, 4) is 0 Å². The van der Waals surface area contributed by atoms with E-state index in [-0.39, 0.29) is 34.4 Å². The summed E-state index contributed by atoms with van der Waals surface area (Å²) in [6.45, 7) is 4.64. The standard InChI is InChI=1S/C16H18N4O5S/c1-16(2)15(17-9-21)19-8-12(14(19)26-16)18-25-13(22)7-10-3-5-11(6-4-10)20(23)24/h3-6,12,14-15,18H,7-8H2,1-2H3/t12-,14-,15-/m1/s1. The number of thioether (sulfide) groups is 1. The van der Waals surface area contributed by atoms with Gasteiger partial charge < -0.3 is 4.84 Å². The van der Waals surface area contributed by atoms with Crippen LogP contribution in [0.25, 0.3) is 0 Å². The summed E-state index contributed by atoms with van der Waals surface area (Å²) in [6, 6.07) is 5.71. The van der Waals surface area contributed by atoms with Crippen LogP contribution in [-0.2, 0) is 20.8 Å². The first-order chi connectivity index (χ1) is 12.3. The van der Waals surface area contributed by atoms with Gasteiger partial charge in [0, 0.05) is 23.4 Å². The van der Waals surface area contributed by atoms with E-state index < -0.39 is 10.9 Å². The number of hydrogen-bond donors (Lipinski definition) is 1. The molecule has 0 bridgehead atoms. The van der Waals surface area contributed by atoms with E-state index >= 15 is 0 Å². The average Bonchev–Trinajstić information content (AvgIpc) is 2.77. The maximum absolute atomic E-state index is 12.0. The molecule has 1 aromatic carbocycles. The predicted octanol–water partition coefficient (Wildman–Crippen LogP) is 1.38. The third-order valence-electron chi connectivity index (χ3n) is 4.43. The van der Waals surface area contributed by atoms with E-state index in [1.54, 1.807) is 17.8 Å². The number of nitrogens with zero attached hydrogens (tertiary/aromatic N) is 3. The number of nitro benzene ring substituents is 1. The fraction of sp³-hybridized carbons (Fsp3) is 0.500. The summed E-state index contributed by atoms with van der Waals surface area (Å²) in [5.41, 5.74) is 3.39. The molecule has 1 aromatic rings. The van der Waals surface area contributed by atoms with Crippen LogP contribution in [0.3, 0.4) is 0 Å². The summed E-state index contributed by atoms with van der Waals surface area (Å²) >= 11 is 1.67. The van der Waals surface area contributed by atoms with Crippen LogP contribution in [0.15, 0.2) is 29.3 Å². The maximum atomic E-state index is 12.0. The van der Waals surface area contributed by atoms with Gasteiger partial charge >= 0.3 is 5.97 Å². The molecule has 2 heterocycles. The molecule has 26 heavy (non-hydrogen) atoms. The highest BCUT2D eigenvalue weighted by molar-refractivity contribution is 8.01. The molecule has 3 rings (SSSR count). The van der Waals surface area contributed by atoms with Crippen molar-refractivity contribution < 1.29 is 19.3 Å². The molecular weight excluding hydrogens is 360 g/mol. The molecular formula is C16H18N4O5S. The Balaban J connectivity index is 1.49. The van der Waals surface area contributed by atoms with Gasteiger partial charge in [0.25, 0.3) is 5.69 Å². The fourth-order valence-corrected chi connectivity index (χ4v) is 4.70. The molecule has 0 amide bonds. The molecule has 2 aliphatic heterocycles. The number of aliphatic imine (C=N–C) groups is 1. The molecule has 0 aliphatic carbocycles. The van der Waals surface area contributed by atoms with Gasteiger partial charge in [-0.25, -0.2) is 4.79 Å². The van der Waals surface area contributed by atoms with E-state index in [0.717, 1.165) is 0 Å². The van der Waals surface area contributed by atoms with Gasteiger partial charge in [0.1, 0.15) is 6.17 Å². The van der Waals surface area contributed by atoms with Gasteiger partial charge in [-0.2, -0.15) is 4.99 Å². The zero-order chi connectivity index (χ0) is 18.9. The lowest BCUT2D eigenvalue weighted by Crippen LogP contribution is -2.64. The van der Waals surface area contributed by atoms with E-state index in [1.807, 2.05) is 13.8 Å². The van der Waals surface area contributed by atoms with E-state index in [9.17, 15) is 19.7 Å². The zero-order valence-corrected chi connectivity index (χ0v) is 15.1. The Morgan fingerprint density at radius 1 is 1.50 bits per heavy atom. The molecule has 0 spiro atoms. The van der Waals surface area contributed by atoms with Crippen LogP contribution in [-0.4, -0.2) is 50.7 Å². The number of carbonyl (C=O) groups is 1. The Morgan fingerprint density at radius 2 is 2.19 bits per heavy atom. The highest BCUT2D eigenvalue weighted by Crippen LogP contribution is 2.50. The zero-order valence-electron chi connectivity index (χ0n) is 14.2. The van der Waals surface area contributed by atoms with Gasteiger partial charge in [-0.05, 0) is 19.4 Å². The minimum Gasteiger partial charge on any atom is -0.370 e. The molecule has 0 saturated carbocycles. The summed E-state index contributed by atoms with van der Waals surface area (Å²) in [5, 5.41) is 10.7. The number of nitrogens with one attached hydrogen (secondary N) is 1. The molecule has 3 atom stereocenters. The molecule has 2 fully saturated rings. The number of non-ortho nitro benzene ring substituents is 1. The monoisotopic (exact) mass is 378 g/mol. The third-order valence-corrected chi connectivity index (χ3v) is 6.09. The van der Waals surface area contributed by atoms with Crippen LogP contribution >= 0.6 is 11.8 Å². The number of nitro groups is 1. The summed E-state index contributed by atoms with van der Waals surface area (Å²) < 4.78 is -0.221. The van der Waals surface area contributed by atoms with Gasteiger partial charge in [-0.1, -0.05) is 12.1 Å². The normalized spacial score (nSPS) is 26.3. The molecule has 10 heteroatoms. The second-order valence-electron chi connectivity index (χ2n) is 6.70. The van der Waals surface area contributed by atoms with E-state index in [0.29, 0.717) is 12.1 Å². The van der Waals surface area contributed by atoms with Crippen molar-refractivity contribution in [2.45, 2.75) is 42.6 Å². The van der Waals surface area contributed by atoms with Crippen molar-refractivity contribution in [2.24, 2.45) is 4.99 Å². The van der Waals surface area contributed by atoms with Gasteiger partial charge in [0.15, 0.2) is 0 Å². The molecule has 2 aliphatic rings. The number of isocyanates is 1. The summed E-state index contributed by atoms with van der Waals surface area (Å²) in [5.74, 6) is -0.470. The van der Waals surface area contributed by atoms with E-state index in [2.05, 4.69) is 15.4 Å². The van der Waals surface area contributed by atoms with Crippen molar-refractivity contribution in [1.82, 2.24) is 10.4 Å². The molecule has 138 valence electrons. The number of carbonyl (C=O) groups excluding carboxylic acids is 2. The number of hydroxylamine groups is 1. The fourth-order valence-electron chi connectivity index (χ4n) is 3.13. The lowest BCUT2D eigenvalue weighted by molar-refractivity contribution is -0.384. The largest absolute Gasteiger partial charge is 0.370 e. The number of benzene rings is 1. The molecule has 0 aromatic heterocycles. The number of rotatable bonds is 6. The topological polar surface area (TPSA) is 114 Å². The van der Waals surface area contributed by atoms with Crippen LogP contribution in [0.4, 0.5) is 5.69 Å². The van der Waals surface area contributed by atoms with Crippen molar-refractivity contribution >= 4 is 29.5 Å². The Labute approximate surface area is 153 Å². The van der Waals surface area contributed by atoms with Crippen molar-refractivity contribution in [1.29, 1.82) is 0 Å². The van der Waals surface area contributed by atoms with Gasteiger partial charge in [-0.3, -0.25) is 19.8 Å². The van der Waals surface area contributed by atoms with Gasteiger partial charge in [-0.15, -0.1) is 17.2 Å². The van der Waals surface area contributed by atoms with Crippen LogP contribution < -0.4 is 5.48 Å². The second kappa shape index (κ2) is 7.16. The Hall–Kier alpha value is -2.26. The first-order valence-corrected chi connectivity index (χ1v) is 8.89. The second-order valence-corrected chi connectivity index (χ2v) is 8.47. The van der Waals surface area contributed by atoms with Gasteiger partial charge in [0.05, 0.1) is 22.8 Å². The number of hydrogen-bond acceptors (Lipinski definition) is 9. The smallest absolute Gasteiger partial charge is 0.329 e. The van der Waals surface area contributed by atoms with Crippen molar-refractivity contribution in [2.75, 3.05) is 6.54 Å². The highest BCUT2D eigenvalue weighted by atomic mass is 32.2. The first-order valence-electron chi connectivity index (χ1n) is 8.01. The quantitative estimate of drug-likeness (QED) is 0.342. The summed E-state index contributed by atoms with van der Waals surface area (Å²) in [7, 11) is 0. The molecule has 0 unspecified atom stereocenters. The summed E-state index contributed by atoms with van der Waals surface area (Å²) in [6.07, 6.45) is 1.41. The van der Waals surface area contributed by atoms with E-state index in [4.69, 9.17) is 4.84 Å². The maximum Gasteiger partial charge on any atom is 0.329 e. The van der Waals surface area contributed by atoms with Crippen LogP contribution in [0.5, 0.6) is 0 Å². The Kier molecular flexibility index (Phi) is 5.10. The SMILES string of the molecule is CC1(C)S[C@@H]2[C@H](NOC(=O)Cc3ccc([N+](=O)[O-])cc3)CN2[C@H]1N=C=O. The minimum absolute atomic E-state index is 0.0167. The van der Waals surface area contributed by atoms with Gasteiger partial charge in [0.2, 0.25) is 6.08 Å². The highest BCUT2D eigenvalue weighted by Gasteiger charge is 2.57. The van der Waals surface area contributed by atoms with Crippen LogP contribution in [0, 0.1) is 10.1 Å². The van der Waals surface area contributed by atoms with Crippen molar-refractivity contribution in [3.05, 3.63) is 39.9 Å². The summed E-state index contributed by atoms with van der Waals surface area (Å²) in [4.78, 5) is 43.8. The molecule has 9 nitrogen and oxygen atoms in total.